The SMILES string of the molecule is CC/C=C\C/C=C\C/C=C\C/C=C\CCCCCCCCCCCCC(=O)NC(COP(=O)([O-])OCC[N+](C)(C)C)C(O)CCCCCCCCCCCCCCCC. The lowest BCUT2D eigenvalue weighted by molar-refractivity contribution is -0.870. The van der Waals surface area contributed by atoms with Gasteiger partial charge in [-0.05, 0) is 51.4 Å². The molecular formula is C50H95N2O6P. The second kappa shape index (κ2) is 41.8. The Bertz CT molecular complexity index is 1100. The maximum Gasteiger partial charge on any atom is 0.268 e. The van der Waals surface area contributed by atoms with E-state index >= 15 is 0 Å². The Balaban J connectivity index is 4.26. The first kappa shape index (κ1) is 57.5. The van der Waals surface area contributed by atoms with E-state index in [1.807, 2.05) is 21.1 Å². The monoisotopic (exact) mass is 851 g/mol. The third kappa shape index (κ3) is 44.3. The lowest BCUT2D eigenvalue weighted by Gasteiger charge is -2.30. The minimum atomic E-state index is -4.57. The standard InChI is InChI=1S/C50H95N2O6P/c1-6-8-10-12-14-16-18-20-22-23-24-25-26-27-28-29-30-32-34-36-38-40-42-44-50(54)51-48(47-58-59(55,56)57-46-45-52(3,4)5)49(53)43-41-39-37-35-33-31-21-19-17-15-13-11-9-7-2/h8,10,14,16,20,22,24-25,48-49,53H,6-7,9,11-13,15,17-19,21,23,26-47H2,1-5H3,(H-,51,54,55,56)/b10-8-,16-14-,22-20-,25-24-. The van der Waals surface area contributed by atoms with Crippen molar-refractivity contribution in [2.75, 3.05) is 40.9 Å². The van der Waals surface area contributed by atoms with Crippen molar-refractivity contribution in [1.29, 1.82) is 0 Å². The Kier molecular flexibility index (Phi) is 40.7. The number of likely N-dealkylation sites (N-methyl/N-ethyl adjacent to an activating group) is 1. The molecule has 9 heteroatoms. The van der Waals surface area contributed by atoms with E-state index < -0.39 is 20.0 Å². The van der Waals surface area contributed by atoms with Crippen LogP contribution in [0.5, 0.6) is 0 Å². The Labute approximate surface area is 365 Å². The maximum absolute atomic E-state index is 12.9. The molecule has 0 rings (SSSR count). The van der Waals surface area contributed by atoms with Crippen molar-refractivity contribution >= 4 is 13.7 Å². The zero-order valence-electron chi connectivity index (χ0n) is 39.2. The zero-order chi connectivity index (χ0) is 43.6. The number of amides is 1. The van der Waals surface area contributed by atoms with Crippen LogP contribution in [0.4, 0.5) is 0 Å². The van der Waals surface area contributed by atoms with E-state index in [0.717, 1.165) is 64.2 Å². The van der Waals surface area contributed by atoms with Gasteiger partial charge in [-0.25, -0.2) is 0 Å². The third-order valence-electron chi connectivity index (χ3n) is 10.8. The fraction of sp³-hybridized carbons (Fsp3) is 0.820. The van der Waals surface area contributed by atoms with Crippen molar-refractivity contribution in [3.05, 3.63) is 48.6 Å². The number of phosphoric acid groups is 1. The first-order valence-electron chi connectivity index (χ1n) is 24.5. The molecule has 0 saturated heterocycles. The Hall–Kier alpha value is -1.54. The molecule has 0 saturated carbocycles. The normalized spacial score (nSPS) is 14.6. The number of hydrogen-bond acceptors (Lipinski definition) is 6. The van der Waals surface area contributed by atoms with Crippen LogP contribution in [0.25, 0.3) is 0 Å². The van der Waals surface area contributed by atoms with Gasteiger partial charge < -0.3 is 28.8 Å². The van der Waals surface area contributed by atoms with Crippen LogP contribution in [0.3, 0.4) is 0 Å². The molecular weight excluding hydrogens is 756 g/mol. The summed E-state index contributed by atoms with van der Waals surface area (Å²) in [5.41, 5.74) is 0. The number of carbonyl (C=O) groups excluding carboxylic acids is 1. The summed E-state index contributed by atoms with van der Waals surface area (Å²) in [6.07, 6.45) is 52.6. The number of hydrogen-bond donors (Lipinski definition) is 2. The van der Waals surface area contributed by atoms with E-state index in [2.05, 4.69) is 67.8 Å². The summed E-state index contributed by atoms with van der Waals surface area (Å²) in [6, 6.07) is -0.803. The molecule has 0 aromatic heterocycles. The van der Waals surface area contributed by atoms with Gasteiger partial charge in [0.2, 0.25) is 5.91 Å². The number of nitrogens with one attached hydrogen (secondary N) is 1. The summed E-state index contributed by atoms with van der Waals surface area (Å²) in [5.74, 6) is -0.171. The number of allylic oxidation sites excluding steroid dienone is 8. The molecule has 0 bridgehead atoms. The second-order valence-corrected chi connectivity index (χ2v) is 19.2. The largest absolute Gasteiger partial charge is 0.756 e. The minimum Gasteiger partial charge on any atom is -0.756 e. The highest BCUT2D eigenvalue weighted by Gasteiger charge is 2.24. The molecule has 3 atom stereocenters. The first-order valence-corrected chi connectivity index (χ1v) is 25.9. The summed E-state index contributed by atoms with van der Waals surface area (Å²) in [5, 5.41) is 13.9. The van der Waals surface area contributed by atoms with Gasteiger partial charge in [-0.3, -0.25) is 9.36 Å². The van der Waals surface area contributed by atoms with Gasteiger partial charge in [-0.1, -0.05) is 204 Å². The summed E-state index contributed by atoms with van der Waals surface area (Å²) < 4.78 is 23.3. The highest BCUT2D eigenvalue weighted by atomic mass is 31.2. The molecule has 1 amide bonds. The molecule has 0 aliphatic rings. The fourth-order valence-corrected chi connectivity index (χ4v) is 7.69. The molecule has 8 nitrogen and oxygen atoms in total. The van der Waals surface area contributed by atoms with Crippen molar-refractivity contribution < 1.29 is 32.9 Å². The smallest absolute Gasteiger partial charge is 0.268 e. The van der Waals surface area contributed by atoms with Crippen molar-refractivity contribution in [3.8, 4) is 0 Å². The quantitative estimate of drug-likeness (QED) is 0.0274. The van der Waals surface area contributed by atoms with Gasteiger partial charge in [-0.15, -0.1) is 0 Å². The van der Waals surface area contributed by atoms with Gasteiger partial charge in [0.15, 0.2) is 0 Å². The van der Waals surface area contributed by atoms with Crippen molar-refractivity contribution in [2.45, 2.75) is 225 Å². The molecule has 0 aliphatic heterocycles. The maximum atomic E-state index is 12.9. The van der Waals surface area contributed by atoms with Gasteiger partial charge in [0.1, 0.15) is 13.2 Å². The third-order valence-corrected chi connectivity index (χ3v) is 11.8. The van der Waals surface area contributed by atoms with E-state index in [1.54, 1.807) is 0 Å². The zero-order valence-corrected chi connectivity index (χ0v) is 40.1. The number of quaternary nitrogens is 1. The molecule has 0 heterocycles. The van der Waals surface area contributed by atoms with Crippen LogP contribution in [0, 0.1) is 0 Å². The lowest BCUT2D eigenvalue weighted by atomic mass is 10.0. The number of aliphatic hydroxyl groups excluding tert-OH is 1. The van der Waals surface area contributed by atoms with E-state index in [9.17, 15) is 19.4 Å². The molecule has 0 spiro atoms. The van der Waals surface area contributed by atoms with Crippen molar-refractivity contribution in [1.82, 2.24) is 5.32 Å². The summed E-state index contributed by atoms with van der Waals surface area (Å²) in [7, 11) is 1.30. The van der Waals surface area contributed by atoms with Crippen LogP contribution in [0.15, 0.2) is 48.6 Å². The molecule has 346 valence electrons. The highest BCUT2D eigenvalue weighted by molar-refractivity contribution is 7.45. The Morgan fingerprint density at radius 1 is 0.610 bits per heavy atom. The van der Waals surface area contributed by atoms with Gasteiger partial charge in [0, 0.05) is 6.42 Å². The van der Waals surface area contributed by atoms with Crippen LogP contribution in [-0.2, 0) is 18.4 Å². The minimum absolute atomic E-state index is 0.0101. The van der Waals surface area contributed by atoms with Gasteiger partial charge in [0.05, 0.1) is 39.9 Å². The van der Waals surface area contributed by atoms with Crippen LogP contribution in [0.1, 0.15) is 213 Å². The molecule has 0 aromatic carbocycles. The first-order chi connectivity index (χ1) is 28.5. The molecule has 0 aromatic rings. The van der Waals surface area contributed by atoms with Crippen LogP contribution >= 0.6 is 7.82 Å². The molecule has 3 unspecified atom stereocenters. The predicted molar refractivity (Wildman–Crippen MR) is 251 cm³/mol. The lowest BCUT2D eigenvalue weighted by Crippen LogP contribution is -2.46. The Morgan fingerprint density at radius 2 is 1.03 bits per heavy atom. The summed E-state index contributed by atoms with van der Waals surface area (Å²) in [6.45, 7) is 4.61. The van der Waals surface area contributed by atoms with E-state index in [4.69, 9.17) is 9.05 Å². The van der Waals surface area contributed by atoms with Crippen LogP contribution in [-0.4, -0.2) is 68.5 Å². The number of aliphatic hydroxyl groups is 1. The fourth-order valence-electron chi connectivity index (χ4n) is 6.97. The van der Waals surface area contributed by atoms with Crippen molar-refractivity contribution in [3.63, 3.8) is 0 Å². The number of nitrogens with zero attached hydrogens (tertiary/aromatic N) is 1. The molecule has 2 N–H and O–H groups in total. The van der Waals surface area contributed by atoms with Crippen LogP contribution in [0.2, 0.25) is 0 Å². The van der Waals surface area contributed by atoms with E-state index in [0.29, 0.717) is 23.9 Å². The van der Waals surface area contributed by atoms with Crippen molar-refractivity contribution in [2.24, 2.45) is 0 Å². The topological polar surface area (TPSA) is 108 Å². The molecule has 0 aliphatic carbocycles. The molecule has 59 heavy (non-hydrogen) atoms. The summed E-state index contributed by atoms with van der Waals surface area (Å²) in [4.78, 5) is 25.4. The summed E-state index contributed by atoms with van der Waals surface area (Å²) >= 11 is 0. The average molecular weight is 851 g/mol. The highest BCUT2D eigenvalue weighted by Crippen LogP contribution is 2.38. The molecule has 0 fully saturated rings. The van der Waals surface area contributed by atoms with E-state index in [-0.39, 0.29) is 19.1 Å². The second-order valence-electron chi connectivity index (χ2n) is 17.8. The van der Waals surface area contributed by atoms with Crippen LogP contribution < -0.4 is 10.2 Å². The number of rotatable bonds is 44. The average Bonchev–Trinajstić information content (AvgIpc) is 3.19. The number of unbranched alkanes of at least 4 members (excludes halogenated alkanes) is 23. The molecule has 0 radical (unpaired) electrons. The predicted octanol–water partition coefficient (Wildman–Crippen LogP) is 13.4. The number of phosphoric ester groups is 1. The van der Waals surface area contributed by atoms with Gasteiger partial charge in [-0.2, -0.15) is 0 Å². The van der Waals surface area contributed by atoms with Gasteiger partial charge >= 0.3 is 0 Å². The number of carbonyl (C=O) groups is 1. The Morgan fingerprint density at radius 3 is 1.51 bits per heavy atom. The van der Waals surface area contributed by atoms with E-state index in [1.165, 1.54) is 122 Å². The van der Waals surface area contributed by atoms with Gasteiger partial charge in [0.25, 0.3) is 7.82 Å².